The Morgan fingerprint density at radius 2 is 2.06 bits per heavy atom. The molecule has 0 saturated carbocycles. The van der Waals surface area contributed by atoms with Crippen LogP contribution in [0.5, 0.6) is 5.75 Å². The van der Waals surface area contributed by atoms with E-state index in [-0.39, 0.29) is 5.75 Å². The van der Waals surface area contributed by atoms with Gasteiger partial charge in [-0.2, -0.15) is 0 Å². The highest BCUT2D eigenvalue weighted by Crippen LogP contribution is 2.25. The molecular weight excluding hydrogens is 212 g/mol. The fourth-order valence-corrected chi connectivity index (χ4v) is 2.15. The Labute approximate surface area is 93.6 Å². The summed E-state index contributed by atoms with van der Waals surface area (Å²) in [6, 6.07) is 2.72. The maximum Gasteiger partial charge on any atom is 0.190 e. The van der Waals surface area contributed by atoms with Crippen LogP contribution < -0.4 is 10.1 Å². The third-order valence-corrected chi connectivity index (χ3v) is 2.95. The maximum absolute atomic E-state index is 13.4. The van der Waals surface area contributed by atoms with E-state index < -0.39 is 11.6 Å². The predicted octanol–water partition coefficient (Wildman–Crippen LogP) is 2.13. The molecule has 0 amide bonds. The van der Waals surface area contributed by atoms with E-state index in [1.807, 2.05) is 0 Å². The average Bonchev–Trinajstić information content (AvgIpc) is 2.70. The van der Waals surface area contributed by atoms with E-state index in [2.05, 4.69) is 10.1 Å². The molecule has 1 unspecified atom stereocenters. The molecule has 0 aromatic heterocycles. The molecule has 0 aliphatic carbocycles. The summed E-state index contributed by atoms with van der Waals surface area (Å²) in [7, 11) is 1.27. The average molecular weight is 227 g/mol. The van der Waals surface area contributed by atoms with Crippen molar-refractivity contribution in [3.05, 3.63) is 29.3 Å². The van der Waals surface area contributed by atoms with Crippen LogP contribution in [0.1, 0.15) is 12.0 Å². The largest absolute Gasteiger partial charge is 0.491 e. The number of rotatable bonds is 3. The van der Waals surface area contributed by atoms with E-state index in [9.17, 15) is 8.78 Å². The van der Waals surface area contributed by atoms with Gasteiger partial charge in [0.05, 0.1) is 7.11 Å². The van der Waals surface area contributed by atoms with Gasteiger partial charge in [-0.25, -0.2) is 8.78 Å². The van der Waals surface area contributed by atoms with Crippen LogP contribution in [0.4, 0.5) is 8.78 Å². The van der Waals surface area contributed by atoms with E-state index in [0.29, 0.717) is 17.9 Å². The lowest BCUT2D eigenvalue weighted by molar-refractivity contribution is 0.359. The molecule has 1 aliphatic heterocycles. The summed E-state index contributed by atoms with van der Waals surface area (Å²) >= 11 is 0. The summed E-state index contributed by atoms with van der Waals surface area (Å²) in [5, 5.41) is 3.23. The molecule has 0 spiro atoms. The van der Waals surface area contributed by atoms with Gasteiger partial charge >= 0.3 is 0 Å². The van der Waals surface area contributed by atoms with Gasteiger partial charge in [0, 0.05) is 0 Å². The lowest BCUT2D eigenvalue weighted by Gasteiger charge is -2.10. The first-order valence-corrected chi connectivity index (χ1v) is 5.43. The quantitative estimate of drug-likeness (QED) is 0.854. The van der Waals surface area contributed by atoms with Crippen molar-refractivity contribution < 1.29 is 13.5 Å². The topological polar surface area (TPSA) is 21.3 Å². The summed E-state index contributed by atoms with van der Waals surface area (Å²) in [4.78, 5) is 0. The van der Waals surface area contributed by atoms with E-state index in [1.54, 1.807) is 0 Å². The van der Waals surface area contributed by atoms with Crippen molar-refractivity contribution in [2.45, 2.75) is 12.8 Å². The lowest BCUT2D eigenvalue weighted by atomic mass is 9.98. The minimum Gasteiger partial charge on any atom is -0.491 e. The van der Waals surface area contributed by atoms with Crippen LogP contribution in [0.2, 0.25) is 0 Å². The fraction of sp³-hybridized carbons (Fsp3) is 0.500. The first-order valence-electron chi connectivity index (χ1n) is 5.43. The zero-order chi connectivity index (χ0) is 11.5. The van der Waals surface area contributed by atoms with Gasteiger partial charge < -0.3 is 10.1 Å². The summed E-state index contributed by atoms with van der Waals surface area (Å²) in [5.74, 6) is -1.06. The molecule has 16 heavy (non-hydrogen) atoms. The third kappa shape index (κ3) is 2.32. The number of methoxy groups -OCH3 is 1. The number of halogens is 2. The standard InChI is InChI=1S/C12H15F2NO/c1-16-12-10(13)5-9(6-11(12)14)4-8-2-3-15-7-8/h5-6,8,15H,2-4,7H2,1H3. The number of hydrogen-bond donors (Lipinski definition) is 1. The number of benzene rings is 1. The fourth-order valence-electron chi connectivity index (χ4n) is 2.15. The molecule has 1 atom stereocenters. The van der Waals surface area contributed by atoms with Gasteiger partial charge in [-0.1, -0.05) is 0 Å². The van der Waals surface area contributed by atoms with E-state index >= 15 is 0 Å². The normalized spacial score (nSPS) is 20.1. The minimum atomic E-state index is -0.622. The molecule has 4 heteroatoms. The molecule has 1 fully saturated rings. The van der Waals surface area contributed by atoms with Crippen LogP contribution in [-0.2, 0) is 6.42 Å². The Bertz CT molecular complexity index is 352. The van der Waals surface area contributed by atoms with Crippen molar-refractivity contribution in [1.29, 1.82) is 0 Å². The molecule has 1 heterocycles. The Kier molecular flexibility index (Phi) is 3.39. The van der Waals surface area contributed by atoms with Crippen molar-refractivity contribution in [2.75, 3.05) is 20.2 Å². The molecule has 1 saturated heterocycles. The zero-order valence-electron chi connectivity index (χ0n) is 9.22. The van der Waals surface area contributed by atoms with Gasteiger partial charge in [-0.05, 0) is 49.5 Å². The van der Waals surface area contributed by atoms with Crippen LogP contribution in [0.25, 0.3) is 0 Å². The Morgan fingerprint density at radius 3 is 2.56 bits per heavy atom. The molecular formula is C12H15F2NO. The van der Waals surface area contributed by atoms with Gasteiger partial charge in [0.25, 0.3) is 0 Å². The van der Waals surface area contributed by atoms with Crippen molar-refractivity contribution >= 4 is 0 Å². The van der Waals surface area contributed by atoms with Crippen molar-refractivity contribution in [3.8, 4) is 5.75 Å². The Hall–Kier alpha value is -1.16. The van der Waals surface area contributed by atoms with Gasteiger partial charge in [-0.3, -0.25) is 0 Å². The summed E-state index contributed by atoms with van der Waals surface area (Å²) in [6.07, 6.45) is 1.78. The van der Waals surface area contributed by atoms with Crippen LogP contribution in [-0.4, -0.2) is 20.2 Å². The Balaban J connectivity index is 2.15. The van der Waals surface area contributed by atoms with Gasteiger partial charge in [-0.15, -0.1) is 0 Å². The highest BCUT2D eigenvalue weighted by molar-refractivity contribution is 5.31. The highest BCUT2D eigenvalue weighted by Gasteiger charge is 2.17. The second kappa shape index (κ2) is 4.78. The molecule has 88 valence electrons. The number of ether oxygens (including phenoxy) is 1. The lowest BCUT2D eigenvalue weighted by Crippen LogP contribution is -2.11. The predicted molar refractivity (Wildman–Crippen MR) is 57.6 cm³/mol. The van der Waals surface area contributed by atoms with E-state index in [0.717, 1.165) is 19.5 Å². The van der Waals surface area contributed by atoms with E-state index in [1.165, 1.54) is 19.2 Å². The smallest absolute Gasteiger partial charge is 0.190 e. The monoisotopic (exact) mass is 227 g/mol. The van der Waals surface area contributed by atoms with Gasteiger partial charge in [0.1, 0.15) is 0 Å². The van der Waals surface area contributed by atoms with Gasteiger partial charge in [0.15, 0.2) is 17.4 Å². The first kappa shape index (κ1) is 11.3. The molecule has 2 rings (SSSR count). The molecule has 0 bridgehead atoms. The molecule has 1 N–H and O–H groups in total. The molecule has 2 nitrogen and oxygen atoms in total. The third-order valence-electron chi connectivity index (χ3n) is 2.95. The second-order valence-electron chi connectivity index (χ2n) is 4.16. The van der Waals surface area contributed by atoms with E-state index in [4.69, 9.17) is 0 Å². The van der Waals surface area contributed by atoms with Gasteiger partial charge in [0.2, 0.25) is 0 Å². The Morgan fingerprint density at radius 1 is 1.38 bits per heavy atom. The molecule has 0 radical (unpaired) electrons. The van der Waals surface area contributed by atoms with Crippen molar-refractivity contribution in [1.82, 2.24) is 5.32 Å². The number of hydrogen-bond acceptors (Lipinski definition) is 2. The summed E-state index contributed by atoms with van der Waals surface area (Å²) in [5.41, 5.74) is 0.699. The molecule has 1 aliphatic rings. The first-order chi connectivity index (χ1) is 7.70. The van der Waals surface area contributed by atoms with Crippen molar-refractivity contribution in [3.63, 3.8) is 0 Å². The van der Waals surface area contributed by atoms with Crippen LogP contribution >= 0.6 is 0 Å². The van der Waals surface area contributed by atoms with Crippen molar-refractivity contribution in [2.24, 2.45) is 5.92 Å². The number of nitrogens with one attached hydrogen (secondary N) is 1. The molecule has 1 aromatic rings. The maximum atomic E-state index is 13.4. The summed E-state index contributed by atoms with van der Waals surface area (Å²) in [6.45, 7) is 1.92. The second-order valence-corrected chi connectivity index (χ2v) is 4.16. The molecule has 1 aromatic carbocycles. The van der Waals surface area contributed by atoms with Crippen LogP contribution in [0.15, 0.2) is 12.1 Å². The minimum absolute atomic E-state index is 0.298. The van der Waals surface area contributed by atoms with Crippen LogP contribution in [0.3, 0.4) is 0 Å². The zero-order valence-corrected chi connectivity index (χ0v) is 9.22. The van der Waals surface area contributed by atoms with Crippen LogP contribution in [0, 0.1) is 17.6 Å². The summed E-state index contributed by atoms with van der Waals surface area (Å²) < 4.78 is 31.4. The highest BCUT2D eigenvalue weighted by atomic mass is 19.1. The SMILES string of the molecule is COc1c(F)cc(CC2CCNC2)cc1F.